The van der Waals surface area contributed by atoms with E-state index < -0.39 is 0 Å². The van der Waals surface area contributed by atoms with Gasteiger partial charge in [-0.15, -0.1) is 0 Å². The van der Waals surface area contributed by atoms with Gasteiger partial charge in [0.25, 0.3) is 0 Å². The van der Waals surface area contributed by atoms with Crippen molar-refractivity contribution in [1.82, 2.24) is 0 Å². The van der Waals surface area contributed by atoms with Crippen LogP contribution in [0.25, 0.3) is 22.3 Å². The van der Waals surface area contributed by atoms with Crippen molar-refractivity contribution >= 4 is 5.69 Å². The lowest BCUT2D eigenvalue weighted by molar-refractivity contribution is 0.239. The zero-order chi connectivity index (χ0) is 19.3. The van der Waals surface area contributed by atoms with Crippen LogP contribution < -0.4 is 9.64 Å². The molecule has 0 aliphatic carbocycles. The molecular formula is C25H27NO2. The van der Waals surface area contributed by atoms with Crippen LogP contribution in [0.4, 0.5) is 5.69 Å². The maximum Gasteiger partial charge on any atom is 0.150 e. The molecular weight excluding hydrogens is 346 g/mol. The van der Waals surface area contributed by atoms with Gasteiger partial charge in [0.1, 0.15) is 0 Å². The lowest BCUT2D eigenvalue weighted by atomic mass is 9.91. The molecule has 3 aromatic rings. The van der Waals surface area contributed by atoms with Gasteiger partial charge in [-0.3, -0.25) is 0 Å². The molecule has 4 rings (SSSR count). The van der Waals surface area contributed by atoms with E-state index in [1.807, 2.05) is 12.1 Å². The Morgan fingerprint density at radius 2 is 1.57 bits per heavy atom. The minimum absolute atomic E-state index is 0.147. The van der Waals surface area contributed by atoms with Gasteiger partial charge in [-0.1, -0.05) is 66.7 Å². The first-order valence-corrected chi connectivity index (χ1v) is 10.0. The normalized spacial score (nSPS) is 16.8. The summed E-state index contributed by atoms with van der Waals surface area (Å²) in [7, 11) is 1.75. The maximum absolute atomic E-state index is 9.92. The third kappa shape index (κ3) is 3.50. The van der Waals surface area contributed by atoms with Gasteiger partial charge in [0.2, 0.25) is 0 Å². The molecule has 1 aliphatic heterocycles. The van der Waals surface area contributed by atoms with Crippen molar-refractivity contribution in [2.24, 2.45) is 0 Å². The van der Waals surface area contributed by atoms with Crippen molar-refractivity contribution in [2.45, 2.75) is 25.3 Å². The predicted octanol–water partition coefficient (Wildman–Crippen LogP) is 5.38. The summed E-state index contributed by atoms with van der Waals surface area (Å²) < 4.78 is 6.02. The minimum Gasteiger partial charge on any atom is -0.494 e. The fourth-order valence-electron chi connectivity index (χ4n) is 4.26. The van der Waals surface area contributed by atoms with Crippen LogP contribution in [0.15, 0.2) is 72.8 Å². The number of rotatable bonds is 5. The Morgan fingerprint density at radius 3 is 2.21 bits per heavy atom. The zero-order valence-electron chi connectivity index (χ0n) is 16.3. The van der Waals surface area contributed by atoms with Crippen LogP contribution in [0.3, 0.4) is 0 Å². The second kappa shape index (κ2) is 8.49. The molecule has 0 aromatic heterocycles. The number of aliphatic hydroxyl groups excluding tert-OH is 1. The highest BCUT2D eigenvalue weighted by atomic mass is 16.5. The number of aliphatic hydroxyl groups is 1. The van der Waals surface area contributed by atoms with Crippen LogP contribution in [-0.4, -0.2) is 31.4 Å². The van der Waals surface area contributed by atoms with Crippen LogP contribution in [0, 0.1) is 0 Å². The summed E-state index contributed by atoms with van der Waals surface area (Å²) in [6.07, 6.45) is 3.32. The molecule has 28 heavy (non-hydrogen) atoms. The SMILES string of the molecule is COc1c(N2CCCCC2CO)ccc(-c2ccccc2)c1-c1ccccc1. The number of methoxy groups -OCH3 is 1. The molecule has 3 nitrogen and oxygen atoms in total. The summed E-state index contributed by atoms with van der Waals surface area (Å²) >= 11 is 0. The van der Waals surface area contributed by atoms with E-state index in [1.165, 1.54) is 5.56 Å². The second-order valence-corrected chi connectivity index (χ2v) is 7.30. The van der Waals surface area contributed by atoms with E-state index in [9.17, 15) is 5.11 Å². The van der Waals surface area contributed by atoms with Crippen molar-refractivity contribution in [1.29, 1.82) is 0 Å². The van der Waals surface area contributed by atoms with Gasteiger partial charge < -0.3 is 14.7 Å². The van der Waals surface area contributed by atoms with Gasteiger partial charge in [0, 0.05) is 12.1 Å². The first-order chi connectivity index (χ1) is 13.8. The molecule has 3 heteroatoms. The summed E-state index contributed by atoms with van der Waals surface area (Å²) in [6.45, 7) is 1.12. The molecule has 1 heterocycles. The fourth-order valence-corrected chi connectivity index (χ4v) is 4.26. The van der Waals surface area contributed by atoms with E-state index in [4.69, 9.17) is 4.74 Å². The Labute approximate surface area is 167 Å². The highest BCUT2D eigenvalue weighted by Gasteiger charge is 2.27. The summed E-state index contributed by atoms with van der Waals surface area (Å²) in [5, 5.41) is 9.92. The summed E-state index contributed by atoms with van der Waals surface area (Å²) in [6, 6.07) is 25.4. The Bertz CT molecular complexity index is 909. The number of hydrogen-bond acceptors (Lipinski definition) is 3. The molecule has 0 amide bonds. The van der Waals surface area contributed by atoms with Crippen molar-refractivity contribution < 1.29 is 9.84 Å². The molecule has 0 saturated carbocycles. The van der Waals surface area contributed by atoms with E-state index in [0.29, 0.717) is 0 Å². The number of hydrogen-bond donors (Lipinski definition) is 1. The lowest BCUT2D eigenvalue weighted by Gasteiger charge is -2.38. The van der Waals surface area contributed by atoms with Crippen molar-refractivity contribution in [3.05, 3.63) is 72.8 Å². The minimum atomic E-state index is 0.147. The van der Waals surface area contributed by atoms with Gasteiger partial charge in [-0.2, -0.15) is 0 Å². The van der Waals surface area contributed by atoms with E-state index >= 15 is 0 Å². The van der Waals surface area contributed by atoms with Gasteiger partial charge in [-0.25, -0.2) is 0 Å². The van der Waals surface area contributed by atoms with Crippen LogP contribution in [-0.2, 0) is 0 Å². The Morgan fingerprint density at radius 1 is 0.893 bits per heavy atom. The Balaban J connectivity index is 1.93. The third-order valence-corrected chi connectivity index (χ3v) is 5.64. The van der Waals surface area contributed by atoms with Crippen molar-refractivity contribution in [2.75, 3.05) is 25.2 Å². The maximum atomic E-state index is 9.92. The average molecular weight is 373 g/mol. The topological polar surface area (TPSA) is 32.7 Å². The molecule has 1 unspecified atom stereocenters. The first kappa shape index (κ1) is 18.6. The Kier molecular flexibility index (Phi) is 5.63. The third-order valence-electron chi connectivity index (χ3n) is 5.64. The van der Waals surface area contributed by atoms with E-state index in [2.05, 4.69) is 65.6 Å². The summed E-state index contributed by atoms with van der Waals surface area (Å²) in [4.78, 5) is 2.32. The predicted molar refractivity (Wildman–Crippen MR) is 116 cm³/mol. The monoisotopic (exact) mass is 373 g/mol. The second-order valence-electron chi connectivity index (χ2n) is 7.30. The van der Waals surface area contributed by atoms with Crippen LogP contribution >= 0.6 is 0 Å². The van der Waals surface area contributed by atoms with E-state index in [1.54, 1.807) is 7.11 Å². The molecule has 1 saturated heterocycles. The quantitative estimate of drug-likeness (QED) is 0.652. The van der Waals surface area contributed by atoms with Gasteiger partial charge >= 0.3 is 0 Å². The number of nitrogens with zero attached hydrogens (tertiary/aromatic N) is 1. The zero-order valence-corrected chi connectivity index (χ0v) is 16.3. The lowest BCUT2D eigenvalue weighted by Crippen LogP contribution is -2.42. The fraction of sp³-hybridized carbons (Fsp3) is 0.280. The van der Waals surface area contributed by atoms with Gasteiger partial charge in [-0.05, 0) is 42.0 Å². The molecule has 3 aromatic carbocycles. The van der Waals surface area contributed by atoms with Crippen molar-refractivity contribution in [3.8, 4) is 28.0 Å². The molecule has 0 radical (unpaired) electrons. The Hall–Kier alpha value is -2.78. The van der Waals surface area contributed by atoms with Crippen molar-refractivity contribution in [3.63, 3.8) is 0 Å². The van der Waals surface area contributed by atoms with Gasteiger partial charge in [0.05, 0.1) is 25.4 Å². The summed E-state index contributed by atoms with van der Waals surface area (Å²) in [5.74, 6) is 0.882. The molecule has 1 fully saturated rings. The number of piperidine rings is 1. The largest absolute Gasteiger partial charge is 0.494 e. The molecule has 1 aliphatic rings. The van der Waals surface area contributed by atoms with E-state index in [0.717, 1.165) is 53.9 Å². The summed E-state index contributed by atoms with van der Waals surface area (Å²) in [5.41, 5.74) is 5.64. The number of anilines is 1. The highest BCUT2D eigenvalue weighted by molar-refractivity contribution is 5.92. The first-order valence-electron chi connectivity index (χ1n) is 10.0. The average Bonchev–Trinajstić information content (AvgIpc) is 2.79. The van der Waals surface area contributed by atoms with Crippen LogP contribution in [0.2, 0.25) is 0 Å². The molecule has 1 N–H and O–H groups in total. The van der Waals surface area contributed by atoms with E-state index in [-0.39, 0.29) is 12.6 Å². The molecule has 0 bridgehead atoms. The highest BCUT2D eigenvalue weighted by Crippen LogP contribution is 2.46. The molecule has 1 atom stereocenters. The standard InChI is InChI=1S/C25H27NO2/c1-28-25-23(26-17-9-8-14-21(26)18-27)16-15-22(19-10-4-2-5-11-19)24(25)20-12-6-3-7-13-20/h2-7,10-13,15-16,21,27H,8-9,14,17-18H2,1H3. The molecule has 0 spiro atoms. The van der Waals surface area contributed by atoms with Crippen LogP contribution in [0.1, 0.15) is 19.3 Å². The van der Waals surface area contributed by atoms with Crippen LogP contribution in [0.5, 0.6) is 5.75 Å². The number of benzene rings is 3. The smallest absolute Gasteiger partial charge is 0.150 e. The number of ether oxygens (including phenoxy) is 1. The molecule has 144 valence electrons. The van der Waals surface area contributed by atoms with Gasteiger partial charge in [0.15, 0.2) is 5.75 Å².